The van der Waals surface area contributed by atoms with Gasteiger partial charge in [0.1, 0.15) is 11.8 Å². The molecule has 3 aromatic carbocycles. The summed E-state index contributed by atoms with van der Waals surface area (Å²) in [5, 5.41) is 3.91. The predicted octanol–water partition coefficient (Wildman–Crippen LogP) is 5.66. The SMILES string of the molecule is CC1(C)c2sc(=O)n(CC(=O)Nc3cccc4ccccc34)c2SC2C(=O)N(c3ccccc3C(F)(F)F)C(=O)C21. The molecule has 2 aliphatic heterocycles. The zero-order valence-corrected chi connectivity index (χ0v) is 23.3. The predicted molar refractivity (Wildman–Crippen MR) is 151 cm³/mol. The van der Waals surface area contributed by atoms with E-state index in [2.05, 4.69) is 5.32 Å². The smallest absolute Gasteiger partial charge is 0.324 e. The summed E-state index contributed by atoms with van der Waals surface area (Å²) in [6.07, 6.45) is -4.77. The Hall–Kier alpha value is -3.90. The molecule has 210 valence electrons. The standard InChI is InChI=1S/C29H22F3N3O4S2/c1-28(2)21-22(25(38)35(24(21)37)19-13-6-5-11-17(19)29(30,31)32)40-26-23(28)41-27(39)34(26)14-20(36)33-18-12-7-9-15-8-3-4-10-16(15)18/h3-13,21-22H,14H2,1-2H3,(H,33,36). The summed E-state index contributed by atoms with van der Waals surface area (Å²) in [7, 11) is 0. The number of nitrogens with one attached hydrogen (secondary N) is 1. The van der Waals surface area contributed by atoms with E-state index in [9.17, 15) is 32.3 Å². The summed E-state index contributed by atoms with van der Waals surface area (Å²) in [5.41, 5.74) is -2.08. The first kappa shape index (κ1) is 27.3. The molecule has 1 saturated heterocycles. The van der Waals surface area contributed by atoms with Gasteiger partial charge in [0.15, 0.2) is 0 Å². The number of hydrogen-bond donors (Lipinski definition) is 1. The maximum atomic E-state index is 13.8. The van der Waals surface area contributed by atoms with Crippen LogP contribution in [0.2, 0.25) is 0 Å². The number of rotatable bonds is 4. The maximum absolute atomic E-state index is 13.8. The van der Waals surface area contributed by atoms with Gasteiger partial charge in [0.2, 0.25) is 17.7 Å². The summed E-state index contributed by atoms with van der Waals surface area (Å²) in [4.78, 5) is 54.1. The number of anilines is 2. The van der Waals surface area contributed by atoms with E-state index in [1.165, 1.54) is 16.7 Å². The van der Waals surface area contributed by atoms with Crippen molar-refractivity contribution in [1.29, 1.82) is 0 Å². The third-order valence-corrected chi connectivity index (χ3v) is 10.3. The number of carbonyl (C=O) groups is 3. The van der Waals surface area contributed by atoms with Gasteiger partial charge in [-0.15, -0.1) is 0 Å². The summed E-state index contributed by atoms with van der Waals surface area (Å²) in [6.45, 7) is 3.06. The fourth-order valence-corrected chi connectivity index (χ4v) is 8.62. The lowest BCUT2D eigenvalue weighted by Crippen LogP contribution is -2.42. The first-order valence-electron chi connectivity index (χ1n) is 12.6. The van der Waals surface area contributed by atoms with Crippen LogP contribution in [0, 0.1) is 5.92 Å². The minimum atomic E-state index is -4.77. The van der Waals surface area contributed by atoms with E-state index in [1.54, 1.807) is 26.0 Å². The topological polar surface area (TPSA) is 88.5 Å². The van der Waals surface area contributed by atoms with Gasteiger partial charge < -0.3 is 5.32 Å². The summed E-state index contributed by atoms with van der Waals surface area (Å²) >= 11 is 1.83. The van der Waals surface area contributed by atoms with E-state index in [0.29, 0.717) is 20.5 Å². The van der Waals surface area contributed by atoms with Crippen LogP contribution in [0.4, 0.5) is 24.5 Å². The van der Waals surface area contributed by atoms with Crippen LogP contribution in [-0.2, 0) is 32.5 Å². The zero-order chi connectivity index (χ0) is 29.3. The van der Waals surface area contributed by atoms with Gasteiger partial charge in [-0.05, 0) is 23.6 Å². The fraction of sp³-hybridized carbons (Fsp3) is 0.241. The van der Waals surface area contributed by atoms with E-state index in [0.717, 1.165) is 46.0 Å². The quantitative estimate of drug-likeness (QED) is 0.307. The van der Waals surface area contributed by atoms with Crippen LogP contribution < -0.4 is 15.1 Å². The second-order valence-corrected chi connectivity index (χ2v) is 12.5. The molecule has 1 fully saturated rings. The molecule has 0 spiro atoms. The molecule has 1 N–H and O–H groups in total. The van der Waals surface area contributed by atoms with Crippen LogP contribution in [0.1, 0.15) is 24.3 Å². The monoisotopic (exact) mass is 597 g/mol. The van der Waals surface area contributed by atoms with Crippen LogP contribution in [0.15, 0.2) is 76.6 Å². The van der Waals surface area contributed by atoms with E-state index in [-0.39, 0.29) is 6.54 Å². The molecule has 41 heavy (non-hydrogen) atoms. The van der Waals surface area contributed by atoms with Crippen LogP contribution in [0.5, 0.6) is 0 Å². The van der Waals surface area contributed by atoms with Crippen molar-refractivity contribution in [2.24, 2.45) is 5.92 Å². The van der Waals surface area contributed by atoms with Crippen molar-refractivity contribution in [3.63, 3.8) is 0 Å². The van der Waals surface area contributed by atoms with Crippen LogP contribution in [-0.4, -0.2) is 27.5 Å². The van der Waals surface area contributed by atoms with Crippen molar-refractivity contribution in [2.75, 3.05) is 10.2 Å². The van der Waals surface area contributed by atoms with Gasteiger partial charge in [-0.1, -0.05) is 85.5 Å². The van der Waals surface area contributed by atoms with E-state index in [1.807, 2.05) is 30.3 Å². The normalized spacial score (nSPS) is 19.8. The van der Waals surface area contributed by atoms with Gasteiger partial charge >= 0.3 is 11.0 Å². The lowest BCUT2D eigenvalue weighted by Gasteiger charge is -2.36. The Morgan fingerprint density at radius 2 is 1.63 bits per heavy atom. The molecule has 7 nitrogen and oxygen atoms in total. The molecule has 0 aliphatic carbocycles. The number of amides is 3. The van der Waals surface area contributed by atoms with Gasteiger partial charge in [-0.2, -0.15) is 13.2 Å². The molecule has 0 bridgehead atoms. The third-order valence-electron chi connectivity index (χ3n) is 7.52. The van der Waals surface area contributed by atoms with Crippen molar-refractivity contribution in [2.45, 2.75) is 42.3 Å². The number of hydrogen-bond acceptors (Lipinski definition) is 6. The average molecular weight is 598 g/mol. The highest BCUT2D eigenvalue weighted by molar-refractivity contribution is 8.00. The van der Waals surface area contributed by atoms with Crippen molar-refractivity contribution in [3.8, 4) is 0 Å². The zero-order valence-electron chi connectivity index (χ0n) is 21.7. The van der Waals surface area contributed by atoms with Crippen molar-refractivity contribution in [1.82, 2.24) is 4.57 Å². The number of thiazole rings is 1. The number of aromatic nitrogens is 1. The van der Waals surface area contributed by atoms with Crippen LogP contribution >= 0.6 is 23.1 Å². The van der Waals surface area contributed by atoms with Gasteiger partial charge in [0, 0.05) is 21.4 Å². The van der Waals surface area contributed by atoms with E-state index in [4.69, 9.17) is 0 Å². The molecule has 0 radical (unpaired) electrons. The summed E-state index contributed by atoms with van der Waals surface area (Å²) < 4.78 is 42.6. The Morgan fingerprint density at radius 3 is 2.39 bits per heavy atom. The third kappa shape index (κ3) is 4.36. The molecule has 6 rings (SSSR count). The minimum absolute atomic E-state index is 0.336. The summed E-state index contributed by atoms with van der Waals surface area (Å²) in [5.74, 6) is -2.99. The lowest BCUT2D eigenvalue weighted by molar-refractivity contribution is -0.137. The van der Waals surface area contributed by atoms with E-state index < -0.39 is 56.6 Å². The number of alkyl halides is 3. The first-order valence-corrected chi connectivity index (χ1v) is 14.3. The number of halogens is 3. The maximum Gasteiger partial charge on any atom is 0.418 e. The van der Waals surface area contributed by atoms with Gasteiger partial charge in [-0.25, -0.2) is 4.90 Å². The first-order chi connectivity index (χ1) is 19.4. The molecule has 2 unspecified atom stereocenters. The fourth-order valence-electron chi connectivity index (χ4n) is 5.58. The molecule has 4 aromatic rings. The Morgan fingerprint density at radius 1 is 0.951 bits per heavy atom. The highest BCUT2D eigenvalue weighted by Gasteiger charge is 2.60. The summed E-state index contributed by atoms with van der Waals surface area (Å²) in [6, 6.07) is 17.5. The van der Waals surface area contributed by atoms with Gasteiger partial charge in [-0.3, -0.25) is 23.7 Å². The number of para-hydroxylation sites is 1. The second kappa shape index (κ2) is 9.59. The molecule has 3 heterocycles. The Balaban J connectivity index is 1.34. The Kier molecular flexibility index (Phi) is 6.38. The number of imide groups is 1. The van der Waals surface area contributed by atoms with Crippen molar-refractivity contribution in [3.05, 3.63) is 86.8 Å². The molecular formula is C29H22F3N3O4S2. The average Bonchev–Trinajstić information content (AvgIpc) is 3.37. The second-order valence-electron chi connectivity index (χ2n) is 10.4. The van der Waals surface area contributed by atoms with Crippen LogP contribution in [0.3, 0.4) is 0 Å². The van der Waals surface area contributed by atoms with E-state index >= 15 is 0 Å². The Labute approximate surface area is 240 Å². The highest BCUT2D eigenvalue weighted by atomic mass is 32.2. The number of thioether (sulfide) groups is 1. The minimum Gasteiger partial charge on any atom is -0.324 e. The van der Waals surface area contributed by atoms with Gasteiger partial charge in [0.05, 0.1) is 22.2 Å². The van der Waals surface area contributed by atoms with Crippen molar-refractivity contribution < 1.29 is 27.6 Å². The van der Waals surface area contributed by atoms with Crippen molar-refractivity contribution >= 4 is 63.0 Å². The molecule has 2 aliphatic rings. The molecule has 12 heteroatoms. The molecule has 0 saturated carbocycles. The molecule has 1 aromatic heterocycles. The number of carbonyl (C=O) groups excluding carboxylic acids is 3. The Bertz CT molecular complexity index is 1810. The number of fused-ring (bicyclic) bond motifs is 3. The molecule has 3 amide bonds. The molecule has 2 atom stereocenters. The van der Waals surface area contributed by atoms with Gasteiger partial charge in [0.25, 0.3) is 0 Å². The highest BCUT2D eigenvalue weighted by Crippen LogP contribution is 2.55. The number of nitrogens with zero attached hydrogens (tertiary/aromatic N) is 2. The molecular weight excluding hydrogens is 575 g/mol. The lowest BCUT2D eigenvalue weighted by atomic mass is 9.76. The van der Waals surface area contributed by atoms with Crippen LogP contribution in [0.25, 0.3) is 10.8 Å². The largest absolute Gasteiger partial charge is 0.418 e. The number of benzene rings is 3.